The second-order valence-electron chi connectivity index (χ2n) is 3.23. The Morgan fingerprint density at radius 1 is 1.18 bits per heavy atom. The number of hydrogen-bond donors (Lipinski definition) is 1. The van der Waals surface area contributed by atoms with Gasteiger partial charge in [0.1, 0.15) is 5.82 Å². The predicted molar refractivity (Wildman–Crippen MR) is 43.6 cm³/mol. The van der Waals surface area contributed by atoms with Gasteiger partial charge < -0.3 is 5.73 Å². The summed E-state index contributed by atoms with van der Waals surface area (Å²) < 4.78 is 12.4. The summed E-state index contributed by atoms with van der Waals surface area (Å²) in [4.78, 5) is 0. The summed E-state index contributed by atoms with van der Waals surface area (Å²) in [6.45, 7) is 3.78. The first-order chi connectivity index (χ1) is 5.00. The van der Waals surface area contributed by atoms with Crippen molar-refractivity contribution in [1.29, 1.82) is 0 Å². The molecule has 0 aliphatic carbocycles. The van der Waals surface area contributed by atoms with Crippen molar-refractivity contribution in [1.82, 2.24) is 0 Å². The molecule has 0 saturated carbocycles. The van der Waals surface area contributed by atoms with E-state index in [1.54, 1.807) is 12.1 Å². The molecule has 0 aromatic heterocycles. The van der Waals surface area contributed by atoms with Crippen LogP contribution in [-0.4, -0.2) is 0 Å². The third kappa shape index (κ3) is 2.02. The summed E-state index contributed by atoms with van der Waals surface area (Å²) in [5.74, 6) is -0.224. The Morgan fingerprint density at radius 3 is 2.00 bits per heavy atom. The molecule has 1 aromatic rings. The van der Waals surface area contributed by atoms with Gasteiger partial charge in [-0.05, 0) is 31.5 Å². The van der Waals surface area contributed by atoms with Crippen LogP contribution in [0.4, 0.5) is 4.39 Å². The topological polar surface area (TPSA) is 26.0 Å². The van der Waals surface area contributed by atoms with E-state index in [0.717, 1.165) is 5.56 Å². The van der Waals surface area contributed by atoms with Gasteiger partial charge in [-0.3, -0.25) is 0 Å². The fourth-order valence-electron chi connectivity index (χ4n) is 0.879. The predicted octanol–water partition coefficient (Wildman–Crippen LogP) is 2.02. The second kappa shape index (κ2) is 2.62. The summed E-state index contributed by atoms with van der Waals surface area (Å²) in [6, 6.07) is 6.25. The fraction of sp³-hybridized carbons (Fsp3) is 0.333. The number of rotatable bonds is 1. The summed E-state index contributed by atoms with van der Waals surface area (Å²) >= 11 is 0. The number of hydrogen-bond acceptors (Lipinski definition) is 1. The SMILES string of the molecule is CC(C)(N)c1ccc(F)cc1. The Kier molecular flexibility index (Phi) is 1.96. The lowest BCUT2D eigenvalue weighted by Gasteiger charge is -2.18. The van der Waals surface area contributed by atoms with Gasteiger partial charge in [0.2, 0.25) is 0 Å². The number of halogens is 1. The molecule has 0 saturated heterocycles. The highest BCUT2D eigenvalue weighted by molar-refractivity contribution is 5.22. The van der Waals surface area contributed by atoms with Gasteiger partial charge in [-0.15, -0.1) is 0 Å². The van der Waals surface area contributed by atoms with Crippen LogP contribution in [0.25, 0.3) is 0 Å². The molecule has 0 spiro atoms. The van der Waals surface area contributed by atoms with Gasteiger partial charge in [-0.1, -0.05) is 12.1 Å². The van der Waals surface area contributed by atoms with Crippen molar-refractivity contribution >= 4 is 0 Å². The normalized spacial score (nSPS) is 11.6. The zero-order valence-corrected chi connectivity index (χ0v) is 6.76. The molecule has 2 heteroatoms. The summed E-state index contributed by atoms with van der Waals surface area (Å²) in [7, 11) is 0. The monoisotopic (exact) mass is 153 g/mol. The Balaban J connectivity index is 2.99. The molecule has 1 aromatic carbocycles. The third-order valence-corrected chi connectivity index (χ3v) is 1.59. The molecule has 0 radical (unpaired) electrons. The van der Waals surface area contributed by atoms with Crippen LogP contribution in [0, 0.1) is 5.82 Å². The van der Waals surface area contributed by atoms with Gasteiger partial charge in [0.05, 0.1) is 0 Å². The minimum Gasteiger partial charge on any atom is -0.322 e. The molecule has 0 heterocycles. The molecule has 11 heavy (non-hydrogen) atoms. The van der Waals surface area contributed by atoms with Crippen LogP contribution >= 0.6 is 0 Å². The molecule has 0 amide bonds. The molecule has 0 fully saturated rings. The molecule has 0 aliphatic heterocycles. The quantitative estimate of drug-likeness (QED) is 0.656. The van der Waals surface area contributed by atoms with E-state index in [1.807, 2.05) is 13.8 Å². The average Bonchev–Trinajstić information content (AvgIpc) is 1.86. The van der Waals surface area contributed by atoms with Gasteiger partial charge in [0.15, 0.2) is 0 Å². The van der Waals surface area contributed by atoms with Crippen molar-refractivity contribution in [2.45, 2.75) is 19.4 Å². The first kappa shape index (κ1) is 8.21. The minimum absolute atomic E-state index is 0.224. The molecule has 0 bridgehead atoms. The van der Waals surface area contributed by atoms with Crippen molar-refractivity contribution in [3.8, 4) is 0 Å². The molecule has 1 rings (SSSR count). The van der Waals surface area contributed by atoms with E-state index in [9.17, 15) is 4.39 Å². The van der Waals surface area contributed by atoms with Gasteiger partial charge in [-0.25, -0.2) is 4.39 Å². The van der Waals surface area contributed by atoms with Gasteiger partial charge in [0.25, 0.3) is 0 Å². The van der Waals surface area contributed by atoms with Crippen molar-refractivity contribution in [2.24, 2.45) is 5.73 Å². The summed E-state index contributed by atoms with van der Waals surface area (Å²) in [5.41, 5.74) is 6.35. The van der Waals surface area contributed by atoms with E-state index in [-0.39, 0.29) is 11.4 Å². The van der Waals surface area contributed by atoms with Crippen molar-refractivity contribution in [3.63, 3.8) is 0 Å². The minimum atomic E-state index is -0.381. The van der Waals surface area contributed by atoms with Crippen LogP contribution in [0.15, 0.2) is 24.3 Å². The Labute approximate surface area is 66.0 Å². The largest absolute Gasteiger partial charge is 0.322 e. The maximum Gasteiger partial charge on any atom is 0.123 e. The molecular formula is C9H12FN. The highest BCUT2D eigenvalue weighted by Gasteiger charge is 2.12. The van der Waals surface area contributed by atoms with Crippen LogP contribution in [0.3, 0.4) is 0 Å². The van der Waals surface area contributed by atoms with Crippen LogP contribution in [0.2, 0.25) is 0 Å². The maximum atomic E-state index is 12.4. The Morgan fingerprint density at radius 2 is 1.64 bits per heavy atom. The lowest BCUT2D eigenvalue weighted by atomic mass is 9.96. The van der Waals surface area contributed by atoms with E-state index in [4.69, 9.17) is 5.73 Å². The van der Waals surface area contributed by atoms with Gasteiger partial charge in [-0.2, -0.15) is 0 Å². The van der Waals surface area contributed by atoms with Gasteiger partial charge >= 0.3 is 0 Å². The smallest absolute Gasteiger partial charge is 0.123 e. The zero-order chi connectivity index (χ0) is 8.48. The first-order valence-corrected chi connectivity index (χ1v) is 3.55. The summed E-state index contributed by atoms with van der Waals surface area (Å²) in [6.07, 6.45) is 0. The second-order valence-corrected chi connectivity index (χ2v) is 3.23. The molecule has 1 nitrogen and oxygen atoms in total. The summed E-state index contributed by atoms with van der Waals surface area (Å²) in [5, 5.41) is 0. The van der Waals surface area contributed by atoms with E-state index in [0.29, 0.717) is 0 Å². The fourth-order valence-corrected chi connectivity index (χ4v) is 0.879. The van der Waals surface area contributed by atoms with Crippen molar-refractivity contribution in [2.75, 3.05) is 0 Å². The molecule has 0 unspecified atom stereocenters. The van der Waals surface area contributed by atoms with Crippen LogP contribution in [0.1, 0.15) is 19.4 Å². The van der Waals surface area contributed by atoms with E-state index < -0.39 is 0 Å². The third-order valence-electron chi connectivity index (χ3n) is 1.59. The Bertz CT molecular complexity index is 233. The van der Waals surface area contributed by atoms with Gasteiger partial charge in [0, 0.05) is 5.54 Å². The van der Waals surface area contributed by atoms with E-state index >= 15 is 0 Å². The standard InChI is InChI=1S/C9H12FN/c1-9(2,11)7-3-5-8(10)6-4-7/h3-6H,11H2,1-2H3. The molecule has 0 atom stereocenters. The number of nitrogens with two attached hydrogens (primary N) is 1. The van der Waals surface area contributed by atoms with E-state index in [2.05, 4.69) is 0 Å². The lowest BCUT2D eigenvalue weighted by molar-refractivity contribution is 0.550. The molecule has 0 aliphatic rings. The van der Waals surface area contributed by atoms with E-state index in [1.165, 1.54) is 12.1 Å². The van der Waals surface area contributed by atoms with Crippen LogP contribution in [0.5, 0.6) is 0 Å². The Hall–Kier alpha value is -0.890. The zero-order valence-electron chi connectivity index (χ0n) is 6.76. The molecule has 60 valence electrons. The van der Waals surface area contributed by atoms with Crippen LogP contribution in [-0.2, 0) is 5.54 Å². The highest BCUT2D eigenvalue weighted by atomic mass is 19.1. The molecular weight excluding hydrogens is 141 g/mol. The first-order valence-electron chi connectivity index (χ1n) is 3.55. The maximum absolute atomic E-state index is 12.4. The molecule has 2 N–H and O–H groups in total. The van der Waals surface area contributed by atoms with Crippen molar-refractivity contribution < 1.29 is 4.39 Å². The van der Waals surface area contributed by atoms with Crippen LogP contribution < -0.4 is 5.73 Å². The van der Waals surface area contributed by atoms with Crippen molar-refractivity contribution in [3.05, 3.63) is 35.6 Å². The number of benzene rings is 1. The lowest BCUT2D eigenvalue weighted by Crippen LogP contribution is -2.28. The average molecular weight is 153 g/mol. The highest BCUT2D eigenvalue weighted by Crippen LogP contribution is 2.16.